The lowest BCUT2D eigenvalue weighted by Gasteiger charge is -2.17. The van der Waals surface area contributed by atoms with Crippen LogP contribution in [0.4, 0.5) is 18.9 Å². The van der Waals surface area contributed by atoms with E-state index in [2.05, 4.69) is 5.10 Å². The molecule has 0 aliphatic heterocycles. The summed E-state index contributed by atoms with van der Waals surface area (Å²) in [5.41, 5.74) is 0.813. The van der Waals surface area contributed by atoms with Crippen molar-refractivity contribution in [3.63, 3.8) is 0 Å². The minimum absolute atomic E-state index is 0.0318. The third-order valence-corrected chi connectivity index (χ3v) is 5.47. The van der Waals surface area contributed by atoms with Crippen molar-refractivity contribution in [2.75, 3.05) is 23.5 Å². The Morgan fingerprint density at radius 2 is 2.18 bits per heavy atom. The van der Waals surface area contributed by atoms with Crippen LogP contribution in [0.3, 0.4) is 0 Å². The molecule has 7 nitrogen and oxygen atoms in total. The molecule has 0 aliphatic rings. The van der Waals surface area contributed by atoms with Gasteiger partial charge in [-0.25, -0.2) is 4.68 Å². The van der Waals surface area contributed by atoms with Gasteiger partial charge in [0.1, 0.15) is 22.9 Å². The molecule has 1 N–H and O–H groups in total. The van der Waals surface area contributed by atoms with E-state index >= 15 is 0 Å². The Hall–Kier alpha value is -1.98. The fourth-order valence-electron chi connectivity index (χ4n) is 2.33. The van der Waals surface area contributed by atoms with Crippen LogP contribution >= 0.6 is 11.6 Å². The summed E-state index contributed by atoms with van der Waals surface area (Å²) < 4.78 is 50.3. The number of anilines is 1. The first-order valence-electron chi connectivity index (χ1n) is 8.21. The number of nitrogens with zero attached hydrogens (tertiary/aromatic N) is 4. The van der Waals surface area contributed by atoms with Crippen LogP contribution in [-0.4, -0.2) is 50.2 Å². The zero-order valence-corrected chi connectivity index (χ0v) is 16.5. The van der Waals surface area contributed by atoms with Crippen LogP contribution < -0.4 is 9.63 Å². The van der Waals surface area contributed by atoms with E-state index < -0.39 is 29.7 Å². The predicted molar refractivity (Wildman–Crippen MR) is 97.1 cm³/mol. The van der Waals surface area contributed by atoms with Crippen molar-refractivity contribution in [2.24, 2.45) is 0 Å². The van der Waals surface area contributed by atoms with Crippen LogP contribution in [-0.2, 0) is 16.0 Å². The summed E-state index contributed by atoms with van der Waals surface area (Å²) in [7, 11) is 1.47. The number of pyridine rings is 1. The molecule has 0 spiro atoms. The number of carbonyl (C=O) groups is 1. The van der Waals surface area contributed by atoms with Crippen molar-refractivity contribution < 1.29 is 32.5 Å². The fourth-order valence-corrected chi connectivity index (χ4v) is 3.66. The quantitative estimate of drug-likeness (QED) is 0.389. The summed E-state index contributed by atoms with van der Waals surface area (Å²) >= 11 is 4.57. The van der Waals surface area contributed by atoms with Gasteiger partial charge in [0.25, 0.3) is 0 Å². The molecule has 12 heteroatoms. The van der Waals surface area contributed by atoms with E-state index in [9.17, 15) is 27.7 Å². The fraction of sp³-hybridized carbons (Fsp3) is 0.438. The van der Waals surface area contributed by atoms with E-state index in [-0.39, 0.29) is 29.5 Å². The first-order chi connectivity index (χ1) is 13.1. The number of hydrogen-bond acceptors (Lipinski definition) is 4. The number of amides is 1. The van der Waals surface area contributed by atoms with Gasteiger partial charge in [-0.2, -0.15) is 18.3 Å². The molecule has 0 saturated heterocycles. The molecule has 1 amide bonds. The lowest BCUT2D eigenvalue weighted by Crippen LogP contribution is -2.29. The molecule has 0 bridgehead atoms. The van der Waals surface area contributed by atoms with Crippen molar-refractivity contribution in [2.45, 2.75) is 25.4 Å². The Bertz CT molecular complexity index is 819. The van der Waals surface area contributed by atoms with Crippen LogP contribution in [0.5, 0.6) is 0 Å². The second-order valence-corrected chi connectivity index (χ2v) is 8.02. The zero-order chi connectivity index (χ0) is 20.9. The lowest BCUT2D eigenvalue weighted by molar-refractivity contribution is -0.904. The van der Waals surface area contributed by atoms with Crippen molar-refractivity contribution in [3.05, 3.63) is 35.9 Å². The van der Waals surface area contributed by atoms with Gasteiger partial charge in [0.05, 0.1) is 12.6 Å². The largest absolute Gasteiger partial charge is 0.616 e. The maximum atomic E-state index is 12.3. The zero-order valence-electron chi connectivity index (χ0n) is 14.9. The normalized spacial score (nSPS) is 12.8. The van der Waals surface area contributed by atoms with Crippen molar-refractivity contribution in [1.82, 2.24) is 9.78 Å². The van der Waals surface area contributed by atoms with Crippen LogP contribution in [0, 0.1) is 0 Å². The first kappa shape index (κ1) is 22.3. The van der Waals surface area contributed by atoms with Crippen LogP contribution in [0.15, 0.2) is 30.7 Å². The summed E-state index contributed by atoms with van der Waals surface area (Å²) in [6.45, 7) is 0. The molecule has 0 aromatic carbocycles. The third kappa shape index (κ3) is 6.57. The minimum Gasteiger partial charge on any atom is -0.616 e. The molecule has 154 valence electrons. The molecule has 1 unspecified atom stereocenters. The van der Waals surface area contributed by atoms with Crippen LogP contribution in [0.2, 0.25) is 5.15 Å². The van der Waals surface area contributed by atoms with Gasteiger partial charge in [-0.1, -0.05) is 22.8 Å². The molecule has 2 aromatic heterocycles. The molecule has 2 aromatic rings. The lowest BCUT2D eigenvalue weighted by atomic mass is 10.3. The molecular weight excluding hydrogens is 421 g/mol. The molecule has 1 atom stereocenters. The number of hydrogen-bond donors (Lipinski definition) is 1. The second-order valence-electron chi connectivity index (χ2n) is 5.96. The van der Waals surface area contributed by atoms with E-state index in [0.29, 0.717) is 11.4 Å². The van der Waals surface area contributed by atoms with Crippen LogP contribution in [0.1, 0.15) is 19.3 Å². The number of carbonyl (C=O) groups excluding carboxylic acids is 1. The van der Waals surface area contributed by atoms with E-state index in [1.165, 1.54) is 35.2 Å². The van der Waals surface area contributed by atoms with Gasteiger partial charge in [0.2, 0.25) is 18.3 Å². The predicted octanol–water partition coefficient (Wildman–Crippen LogP) is 2.49. The molecule has 0 saturated carbocycles. The molecule has 2 heterocycles. The summed E-state index contributed by atoms with van der Waals surface area (Å²) in [5.74, 6) is -0.531. The van der Waals surface area contributed by atoms with Gasteiger partial charge in [0, 0.05) is 30.7 Å². The van der Waals surface area contributed by atoms with Gasteiger partial charge in [-0.05, 0) is 6.07 Å². The third-order valence-electron chi connectivity index (χ3n) is 3.80. The van der Waals surface area contributed by atoms with Crippen molar-refractivity contribution >= 4 is 34.4 Å². The maximum Gasteiger partial charge on any atom is 0.389 e. The topological polar surface area (TPSA) is 85.3 Å². The number of aromatic nitrogens is 3. The summed E-state index contributed by atoms with van der Waals surface area (Å²) in [6.07, 6.45) is -1.30. The average Bonchev–Trinajstić information content (AvgIpc) is 2.99. The van der Waals surface area contributed by atoms with Gasteiger partial charge in [0.15, 0.2) is 5.15 Å². The van der Waals surface area contributed by atoms with Gasteiger partial charge >= 0.3 is 6.18 Å². The number of alkyl halides is 3. The smallest absolute Gasteiger partial charge is 0.389 e. The standard InChI is InChI=1S/C16H19ClF3N4O3S/c1-22(14(25)5-9-28(27)8-3-6-16(18,19)20)13-11-24(21-15(13)17)12-4-2-7-23(26)10-12/h2,4,7,10-11,26H,3,5-6,8-9H2,1H3/q+1. The first-order valence-corrected chi connectivity index (χ1v) is 10.1. The Balaban J connectivity index is 1.92. The van der Waals surface area contributed by atoms with Gasteiger partial charge in [-0.3, -0.25) is 10.0 Å². The maximum absolute atomic E-state index is 12.3. The summed E-state index contributed by atoms with van der Waals surface area (Å²) in [5, 5.41) is 13.6. The molecular formula is C16H19ClF3N4O3S+. The second kappa shape index (κ2) is 9.48. The van der Waals surface area contributed by atoms with E-state index in [4.69, 9.17) is 11.6 Å². The Morgan fingerprint density at radius 3 is 2.82 bits per heavy atom. The minimum atomic E-state index is -4.27. The molecule has 0 radical (unpaired) electrons. The molecule has 0 aliphatic carbocycles. The van der Waals surface area contributed by atoms with E-state index in [1.54, 1.807) is 12.1 Å². The summed E-state index contributed by atoms with van der Waals surface area (Å²) in [6, 6.07) is 3.26. The highest BCUT2D eigenvalue weighted by molar-refractivity contribution is 7.91. The van der Waals surface area contributed by atoms with Crippen molar-refractivity contribution in [1.29, 1.82) is 0 Å². The van der Waals surface area contributed by atoms with E-state index in [0.717, 1.165) is 4.73 Å². The van der Waals surface area contributed by atoms with Gasteiger partial charge in [-0.15, -0.1) is 0 Å². The molecule has 0 fully saturated rings. The van der Waals surface area contributed by atoms with Crippen LogP contribution in [0.25, 0.3) is 5.69 Å². The average molecular weight is 440 g/mol. The number of rotatable bonds is 8. The Labute approximate surface area is 167 Å². The summed E-state index contributed by atoms with van der Waals surface area (Å²) in [4.78, 5) is 13.5. The highest BCUT2D eigenvalue weighted by Gasteiger charge is 2.27. The van der Waals surface area contributed by atoms with E-state index in [1.807, 2.05) is 0 Å². The SMILES string of the molecule is CN(C(=O)CC[S+]([O-])CCCC(F)(F)F)c1cn(-c2ccc[n+](O)c2)nc1Cl. The van der Waals surface area contributed by atoms with Gasteiger partial charge < -0.3 is 9.45 Å². The molecule has 2 rings (SSSR count). The van der Waals surface area contributed by atoms with Crippen molar-refractivity contribution in [3.8, 4) is 5.69 Å². The number of halogens is 4. The Morgan fingerprint density at radius 1 is 1.46 bits per heavy atom. The highest BCUT2D eigenvalue weighted by Crippen LogP contribution is 2.25. The monoisotopic (exact) mass is 439 g/mol. The Kier molecular flexibility index (Phi) is 7.55. The highest BCUT2D eigenvalue weighted by atomic mass is 35.5. The molecule has 28 heavy (non-hydrogen) atoms.